The molecule has 4 aliphatic heterocycles. The molecular formula is C30H40F4N6O4. The zero-order valence-corrected chi connectivity index (χ0v) is 24.6. The average Bonchev–Trinajstić information content (AvgIpc) is 3.47. The highest BCUT2D eigenvalue weighted by Crippen LogP contribution is 2.46. The minimum atomic E-state index is -4.62. The number of nitrogens with zero attached hydrogens (tertiary/aromatic N) is 4. The van der Waals surface area contributed by atoms with E-state index in [1.807, 2.05) is 6.07 Å². The van der Waals surface area contributed by atoms with Gasteiger partial charge in [-0.25, -0.2) is 4.39 Å². The van der Waals surface area contributed by atoms with E-state index in [0.717, 1.165) is 6.54 Å². The maximum absolute atomic E-state index is 14.6. The summed E-state index contributed by atoms with van der Waals surface area (Å²) in [6.45, 7) is 3.58. The second-order valence-corrected chi connectivity index (χ2v) is 13.2. The number of hydrogen-bond donors (Lipinski definition) is 2. The number of ether oxygens (including phenoxy) is 1. The number of alkyl halides is 4. The van der Waals surface area contributed by atoms with E-state index in [1.165, 1.54) is 6.08 Å². The molecule has 0 aromatic heterocycles. The summed E-state index contributed by atoms with van der Waals surface area (Å²) in [5.74, 6) is -5.62. The van der Waals surface area contributed by atoms with Crippen molar-refractivity contribution < 1.29 is 36.7 Å². The number of likely N-dealkylation sites (tertiary alicyclic amines) is 1. The first kappa shape index (κ1) is 31.2. The van der Waals surface area contributed by atoms with Gasteiger partial charge >= 0.3 is 6.18 Å². The first-order chi connectivity index (χ1) is 21.0. The van der Waals surface area contributed by atoms with Gasteiger partial charge in [-0.15, -0.1) is 0 Å². The molecule has 0 aromatic carbocycles. The fourth-order valence-corrected chi connectivity index (χ4v) is 8.45. The van der Waals surface area contributed by atoms with Crippen LogP contribution >= 0.6 is 0 Å². The minimum absolute atomic E-state index is 0.00680. The molecule has 0 radical (unpaired) electrons. The average molecular weight is 625 g/mol. The molecule has 44 heavy (non-hydrogen) atoms. The van der Waals surface area contributed by atoms with E-state index in [-0.39, 0.29) is 43.5 Å². The maximum atomic E-state index is 14.6. The van der Waals surface area contributed by atoms with Crippen LogP contribution in [0, 0.1) is 35.0 Å². The van der Waals surface area contributed by atoms with Gasteiger partial charge in [-0.3, -0.25) is 24.2 Å². The normalized spacial score (nSPS) is 38.5. The van der Waals surface area contributed by atoms with E-state index in [2.05, 4.69) is 15.5 Å². The predicted molar refractivity (Wildman–Crippen MR) is 148 cm³/mol. The molecule has 0 bridgehead atoms. The van der Waals surface area contributed by atoms with Crippen molar-refractivity contribution in [1.29, 1.82) is 5.26 Å². The van der Waals surface area contributed by atoms with Gasteiger partial charge < -0.3 is 20.3 Å². The largest absolute Gasteiger partial charge is 0.393 e. The van der Waals surface area contributed by atoms with Crippen molar-refractivity contribution in [1.82, 2.24) is 25.3 Å². The van der Waals surface area contributed by atoms with Crippen LogP contribution in [-0.4, -0.2) is 121 Å². The molecule has 8 unspecified atom stereocenters. The van der Waals surface area contributed by atoms with Crippen LogP contribution in [0.1, 0.15) is 38.5 Å². The molecule has 4 heterocycles. The van der Waals surface area contributed by atoms with Gasteiger partial charge in [0.1, 0.15) is 6.17 Å². The summed E-state index contributed by atoms with van der Waals surface area (Å²) in [5.41, 5.74) is 0.209. The van der Waals surface area contributed by atoms with Gasteiger partial charge in [-0.1, -0.05) is 0 Å². The molecule has 14 heteroatoms. The number of hydrogen-bond acceptors (Lipinski definition) is 7. The van der Waals surface area contributed by atoms with Crippen molar-refractivity contribution in [2.24, 2.45) is 23.7 Å². The molecule has 10 nitrogen and oxygen atoms in total. The fourth-order valence-electron chi connectivity index (χ4n) is 8.45. The number of piperazine rings is 1. The van der Waals surface area contributed by atoms with E-state index in [9.17, 15) is 37.2 Å². The van der Waals surface area contributed by atoms with E-state index in [1.54, 1.807) is 9.80 Å². The Labute approximate surface area is 254 Å². The predicted octanol–water partition coefficient (Wildman–Crippen LogP) is 1.38. The Bertz CT molecular complexity index is 1210. The maximum Gasteiger partial charge on any atom is 0.393 e. The molecular weight excluding hydrogens is 584 g/mol. The zero-order valence-electron chi connectivity index (χ0n) is 24.6. The van der Waals surface area contributed by atoms with Crippen LogP contribution < -0.4 is 10.6 Å². The van der Waals surface area contributed by atoms with Crippen molar-refractivity contribution in [3.8, 4) is 6.07 Å². The number of fused-ring (bicyclic) bond motifs is 2. The number of morpholine rings is 1. The van der Waals surface area contributed by atoms with Gasteiger partial charge in [0.05, 0.1) is 43.2 Å². The summed E-state index contributed by atoms with van der Waals surface area (Å²) in [6.07, 6.45) is -3.16. The first-order valence-electron chi connectivity index (χ1n) is 15.8. The third-order valence-corrected chi connectivity index (χ3v) is 10.6. The SMILES string of the molecule is N#CC1CC(C(=O)N2CCN3CCOCC3C2)C(N2CC[C@@H](NC(=O)C3=CC(=O)NC4C(F)CCCC34)C2)C(C(F)(F)F)C1. The second-order valence-electron chi connectivity index (χ2n) is 13.2. The molecule has 242 valence electrons. The highest BCUT2D eigenvalue weighted by atomic mass is 19.4. The summed E-state index contributed by atoms with van der Waals surface area (Å²) >= 11 is 0. The molecule has 6 aliphatic rings. The highest BCUT2D eigenvalue weighted by Gasteiger charge is 2.56. The topological polar surface area (TPSA) is 118 Å². The van der Waals surface area contributed by atoms with Crippen LogP contribution in [0.25, 0.3) is 0 Å². The van der Waals surface area contributed by atoms with E-state index >= 15 is 0 Å². The Morgan fingerprint density at radius 3 is 2.66 bits per heavy atom. The lowest BCUT2D eigenvalue weighted by Crippen LogP contribution is -2.63. The number of carbonyl (C=O) groups excluding carboxylic acids is 3. The molecule has 0 aromatic rings. The Hall–Kier alpha value is -2.76. The smallest absolute Gasteiger partial charge is 0.378 e. The molecule has 0 spiro atoms. The van der Waals surface area contributed by atoms with Crippen molar-refractivity contribution in [3.63, 3.8) is 0 Å². The number of rotatable bonds is 4. The van der Waals surface area contributed by atoms with Gasteiger partial charge in [-0.2, -0.15) is 18.4 Å². The van der Waals surface area contributed by atoms with Crippen molar-refractivity contribution >= 4 is 17.7 Å². The molecule has 6 rings (SSSR count). The van der Waals surface area contributed by atoms with Crippen LogP contribution in [0.4, 0.5) is 17.6 Å². The summed E-state index contributed by atoms with van der Waals surface area (Å²) in [6, 6.07) is -0.426. The third kappa shape index (κ3) is 6.20. The Balaban J connectivity index is 1.19. The van der Waals surface area contributed by atoms with Crippen LogP contribution in [-0.2, 0) is 19.1 Å². The summed E-state index contributed by atoms with van der Waals surface area (Å²) < 4.78 is 63.9. The van der Waals surface area contributed by atoms with Crippen LogP contribution in [0.5, 0.6) is 0 Å². The quantitative estimate of drug-likeness (QED) is 0.454. The third-order valence-electron chi connectivity index (χ3n) is 10.6. The van der Waals surface area contributed by atoms with Crippen molar-refractivity contribution in [2.45, 2.75) is 75.0 Å². The number of carbonyl (C=O) groups is 3. The van der Waals surface area contributed by atoms with E-state index in [0.29, 0.717) is 58.5 Å². The lowest BCUT2D eigenvalue weighted by atomic mass is 9.70. The van der Waals surface area contributed by atoms with Gasteiger partial charge in [0.25, 0.3) is 0 Å². The molecule has 2 N–H and O–H groups in total. The highest BCUT2D eigenvalue weighted by molar-refractivity contribution is 6.03. The number of amides is 3. The van der Waals surface area contributed by atoms with Crippen molar-refractivity contribution in [2.75, 3.05) is 52.5 Å². The lowest BCUT2D eigenvalue weighted by Gasteiger charge is -2.48. The van der Waals surface area contributed by atoms with Gasteiger partial charge in [0.15, 0.2) is 0 Å². The van der Waals surface area contributed by atoms with E-state index < -0.39 is 66.0 Å². The Morgan fingerprint density at radius 2 is 1.89 bits per heavy atom. The molecule has 5 fully saturated rings. The van der Waals surface area contributed by atoms with Crippen molar-refractivity contribution in [3.05, 3.63) is 11.6 Å². The number of nitrogens with one attached hydrogen (secondary N) is 2. The minimum Gasteiger partial charge on any atom is -0.378 e. The Kier molecular flexibility index (Phi) is 8.91. The molecule has 3 saturated heterocycles. The standard InChI is InChI=1S/C30H40F4N6O4/c31-24-3-1-2-20-21(12-25(41)37-26(20)24)28(42)36-18-4-5-39(14-18)27-22(10-17(13-35)11-23(27)30(32,33)34)29(43)40-7-6-38-8-9-44-16-19(38)15-40/h12,17-20,22-24,26-27H,1-11,14-16H2,(H,36,42)(H,37,41)/t17?,18-,19?,20?,22?,23?,24?,26?,27?/m1/s1. The molecule has 2 aliphatic carbocycles. The zero-order chi connectivity index (χ0) is 31.2. The second kappa shape index (κ2) is 12.6. The van der Waals surface area contributed by atoms with Gasteiger partial charge in [-0.05, 0) is 38.5 Å². The number of halogens is 4. The van der Waals surface area contributed by atoms with Gasteiger partial charge in [0, 0.05) is 74.8 Å². The molecule has 2 saturated carbocycles. The summed E-state index contributed by atoms with van der Waals surface area (Å²) in [4.78, 5) is 45.2. The van der Waals surface area contributed by atoms with Crippen LogP contribution in [0.2, 0.25) is 0 Å². The van der Waals surface area contributed by atoms with Crippen LogP contribution in [0.15, 0.2) is 11.6 Å². The fraction of sp³-hybridized carbons (Fsp3) is 0.800. The van der Waals surface area contributed by atoms with Gasteiger partial charge in [0.2, 0.25) is 17.7 Å². The van der Waals surface area contributed by atoms with E-state index in [4.69, 9.17) is 4.74 Å². The molecule has 3 amide bonds. The summed E-state index contributed by atoms with van der Waals surface area (Å²) in [7, 11) is 0. The molecule has 9 atom stereocenters. The Morgan fingerprint density at radius 1 is 1.07 bits per heavy atom. The summed E-state index contributed by atoms with van der Waals surface area (Å²) in [5, 5.41) is 15.2. The van der Waals surface area contributed by atoms with Crippen LogP contribution in [0.3, 0.4) is 0 Å². The monoisotopic (exact) mass is 624 g/mol. The first-order valence-corrected chi connectivity index (χ1v) is 15.8. The lowest BCUT2D eigenvalue weighted by molar-refractivity contribution is -0.209. The number of nitriles is 1.